The van der Waals surface area contributed by atoms with Gasteiger partial charge in [0.2, 0.25) is 0 Å². The zero-order valence-electron chi connectivity index (χ0n) is 8.39. The predicted octanol–water partition coefficient (Wildman–Crippen LogP) is 1.32. The fraction of sp³-hybridized carbons (Fsp3) is 0.818. The minimum atomic E-state index is -0.203. The number of ether oxygens (including phenoxy) is 2. The van der Waals surface area contributed by atoms with Crippen LogP contribution in [0.2, 0.25) is 0 Å². The molecule has 0 aromatic carbocycles. The van der Waals surface area contributed by atoms with Crippen LogP contribution in [0.4, 0.5) is 0 Å². The van der Waals surface area contributed by atoms with E-state index >= 15 is 0 Å². The van der Waals surface area contributed by atoms with Crippen molar-refractivity contribution in [2.75, 3.05) is 13.2 Å². The van der Waals surface area contributed by atoms with Gasteiger partial charge in [-0.15, -0.1) is 6.58 Å². The summed E-state index contributed by atoms with van der Waals surface area (Å²) in [7, 11) is 0. The first-order valence-corrected chi connectivity index (χ1v) is 5.35. The highest BCUT2D eigenvalue weighted by molar-refractivity contribution is 4.94. The number of allylic oxidation sites excluding steroid dienone is 1. The minimum absolute atomic E-state index is 0.102. The van der Waals surface area contributed by atoms with E-state index in [0.29, 0.717) is 19.1 Å². The van der Waals surface area contributed by atoms with E-state index in [4.69, 9.17) is 9.47 Å². The van der Waals surface area contributed by atoms with Crippen molar-refractivity contribution in [3.05, 3.63) is 12.7 Å². The van der Waals surface area contributed by atoms with E-state index in [1.807, 2.05) is 6.08 Å². The van der Waals surface area contributed by atoms with Crippen LogP contribution in [-0.4, -0.2) is 30.7 Å². The first kappa shape index (κ1) is 10.1. The second kappa shape index (κ2) is 4.43. The van der Waals surface area contributed by atoms with Gasteiger partial charge in [-0.1, -0.05) is 6.08 Å². The van der Waals surface area contributed by atoms with Gasteiger partial charge in [-0.05, 0) is 24.7 Å². The number of aliphatic hydroxyl groups is 1. The van der Waals surface area contributed by atoms with E-state index in [-0.39, 0.29) is 18.3 Å². The summed E-state index contributed by atoms with van der Waals surface area (Å²) in [5.74, 6) is 0.702. The topological polar surface area (TPSA) is 38.7 Å². The van der Waals surface area contributed by atoms with Crippen LogP contribution in [0, 0.1) is 11.8 Å². The molecule has 2 fully saturated rings. The molecule has 0 amide bonds. The molecule has 0 unspecified atom stereocenters. The third-order valence-corrected chi connectivity index (χ3v) is 3.30. The first-order chi connectivity index (χ1) is 6.81. The van der Waals surface area contributed by atoms with Crippen molar-refractivity contribution < 1.29 is 14.6 Å². The Labute approximate surface area is 84.7 Å². The number of rotatable bonds is 3. The summed E-state index contributed by atoms with van der Waals surface area (Å²) < 4.78 is 10.8. The average Bonchev–Trinajstić information content (AvgIpc) is 2.79. The molecule has 1 saturated carbocycles. The molecule has 80 valence electrons. The van der Waals surface area contributed by atoms with Gasteiger partial charge >= 0.3 is 0 Å². The minimum Gasteiger partial charge on any atom is -0.393 e. The van der Waals surface area contributed by atoms with Crippen molar-refractivity contribution >= 4 is 0 Å². The summed E-state index contributed by atoms with van der Waals surface area (Å²) in [6.45, 7) is 5.18. The van der Waals surface area contributed by atoms with Gasteiger partial charge in [0.05, 0.1) is 19.3 Å². The molecular formula is C11H18O3. The number of hydrogen-bond donors (Lipinski definition) is 1. The maximum Gasteiger partial charge on any atom is 0.158 e. The maximum absolute atomic E-state index is 9.79. The lowest BCUT2D eigenvalue weighted by Crippen LogP contribution is -2.24. The van der Waals surface area contributed by atoms with Gasteiger partial charge in [0, 0.05) is 6.42 Å². The summed E-state index contributed by atoms with van der Waals surface area (Å²) in [6.07, 6.45) is 4.38. The lowest BCUT2D eigenvalue weighted by Gasteiger charge is -2.22. The van der Waals surface area contributed by atoms with Gasteiger partial charge in [0.1, 0.15) is 0 Å². The molecule has 1 aliphatic heterocycles. The molecule has 2 rings (SSSR count). The predicted molar refractivity (Wildman–Crippen MR) is 52.7 cm³/mol. The van der Waals surface area contributed by atoms with E-state index in [1.54, 1.807) is 0 Å². The van der Waals surface area contributed by atoms with Crippen LogP contribution in [0.25, 0.3) is 0 Å². The summed E-state index contributed by atoms with van der Waals surface area (Å²) in [6, 6.07) is 0. The van der Waals surface area contributed by atoms with E-state index in [1.165, 1.54) is 0 Å². The Kier molecular flexibility index (Phi) is 3.21. The van der Waals surface area contributed by atoms with Crippen molar-refractivity contribution in [3.63, 3.8) is 0 Å². The quantitative estimate of drug-likeness (QED) is 0.695. The lowest BCUT2D eigenvalue weighted by atomic mass is 9.91. The molecule has 0 spiro atoms. The molecule has 3 heteroatoms. The molecule has 2 aliphatic rings. The molecule has 3 nitrogen and oxygen atoms in total. The molecule has 1 saturated heterocycles. The highest BCUT2D eigenvalue weighted by Crippen LogP contribution is 2.36. The third kappa shape index (κ3) is 2.00. The van der Waals surface area contributed by atoms with Gasteiger partial charge in [-0.3, -0.25) is 0 Å². The standard InChI is InChI=1S/C11H18O3/c1-2-8-3-4-10(12)9(8)7-11-13-5-6-14-11/h2,8-12H,1,3-7H2/t8-,9+,10-/m0/s1. The van der Waals surface area contributed by atoms with Crippen molar-refractivity contribution in [3.8, 4) is 0 Å². The average molecular weight is 198 g/mol. The molecule has 1 aliphatic carbocycles. The maximum atomic E-state index is 9.79. The van der Waals surface area contributed by atoms with Gasteiger partial charge in [-0.2, -0.15) is 0 Å². The van der Waals surface area contributed by atoms with Gasteiger partial charge in [0.25, 0.3) is 0 Å². The van der Waals surface area contributed by atoms with Crippen LogP contribution in [0.5, 0.6) is 0 Å². The lowest BCUT2D eigenvalue weighted by molar-refractivity contribution is -0.0688. The van der Waals surface area contributed by atoms with Crippen molar-refractivity contribution in [2.45, 2.75) is 31.7 Å². The van der Waals surface area contributed by atoms with Gasteiger partial charge in [0.15, 0.2) is 6.29 Å². The Morgan fingerprint density at radius 2 is 2.00 bits per heavy atom. The van der Waals surface area contributed by atoms with Crippen molar-refractivity contribution in [1.82, 2.24) is 0 Å². The van der Waals surface area contributed by atoms with Crippen LogP contribution in [0.15, 0.2) is 12.7 Å². The zero-order valence-corrected chi connectivity index (χ0v) is 8.39. The zero-order chi connectivity index (χ0) is 9.97. The molecule has 3 atom stereocenters. The fourth-order valence-electron chi connectivity index (χ4n) is 2.47. The van der Waals surface area contributed by atoms with E-state index < -0.39 is 0 Å². The second-order valence-electron chi connectivity index (χ2n) is 4.11. The molecule has 0 aromatic rings. The van der Waals surface area contributed by atoms with E-state index in [9.17, 15) is 5.11 Å². The largest absolute Gasteiger partial charge is 0.393 e. The Bertz CT molecular complexity index is 199. The van der Waals surface area contributed by atoms with E-state index in [2.05, 4.69) is 6.58 Å². The highest BCUT2D eigenvalue weighted by atomic mass is 16.7. The van der Waals surface area contributed by atoms with Crippen LogP contribution in [0.3, 0.4) is 0 Å². The van der Waals surface area contributed by atoms with Gasteiger partial charge < -0.3 is 14.6 Å². The normalized spacial score (nSPS) is 39.1. The van der Waals surface area contributed by atoms with Crippen LogP contribution in [-0.2, 0) is 9.47 Å². The molecule has 1 N–H and O–H groups in total. The molecular weight excluding hydrogens is 180 g/mol. The Morgan fingerprint density at radius 3 is 2.64 bits per heavy atom. The summed E-state index contributed by atoms with van der Waals surface area (Å²) in [5, 5.41) is 9.79. The Balaban J connectivity index is 1.90. The van der Waals surface area contributed by atoms with E-state index in [0.717, 1.165) is 19.3 Å². The monoisotopic (exact) mass is 198 g/mol. The summed E-state index contributed by atoms with van der Waals surface area (Å²) in [4.78, 5) is 0. The van der Waals surface area contributed by atoms with Crippen molar-refractivity contribution in [1.29, 1.82) is 0 Å². The molecule has 0 aromatic heterocycles. The van der Waals surface area contributed by atoms with Crippen molar-refractivity contribution in [2.24, 2.45) is 11.8 Å². The summed E-state index contributed by atoms with van der Waals surface area (Å²) in [5.41, 5.74) is 0. The number of aliphatic hydroxyl groups excluding tert-OH is 1. The third-order valence-electron chi connectivity index (χ3n) is 3.30. The second-order valence-corrected chi connectivity index (χ2v) is 4.11. The number of hydrogen-bond acceptors (Lipinski definition) is 3. The van der Waals surface area contributed by atoms with Gasteiger partial charge in [-0.25, -0.2) is 0 Å². The molecule has 14 heavy (non-hydrogen) atoms. The molecule has 0 radical (unpaired) electrons. The Hall–Kier alpha value is -0.380. The van der Waals surface area contributed by atoms with Crippen LogP contribution >= 0.6 is 0 Å². The molecule has 0 bridgehead atoms. The Morgan fingerprint density at radius 1 is 1.29 bits per heavy atom. The SMILES string of the molecule is C=C[C@H]1CC[C@H](O)[C@@H]1CC1OCCO1. The molecule has 1 heterocycles. The van der Waals surface area contributed by atoms with Crippen LogP contribution in [0.1, 0.15) is 19.3 Å². The fourth-order valence-corrected chi connectivity index (χ4v) is 2.47. The first-order valence-electron chi connectivity index (χ1n) is 5.35. The smallest absolute Gasteiger partial charge is 0.158 e. The summed E-state index contributed by atoms with van der Waals surface area (Å²) >= 11 is 0. The van der Waals surface area contributed by atoms with Crippen LogP contribution < -0.4 is 0 Å². The highest BCUT2D eigenvalue weighted by Gasteiger charge is 2.35.